The number of hydrogen-bond acceptors (Lipinski definition) is 5. The molecule has 2 N–H and O–H groups in total. The molecule has 164 valence electrons. The highest BCUT2D eigenvalue weighted by Crippen LogP contribution is 2.14. The first-order chi connectivity index (χ1) is 14.2. The standard InChI is InChI=1S/C20H27ClN6O2.HI/c1-2-22-20(24-9-8-23-19(28)17-5-3-4-6-18(17)21)27-12-10-26(11-13-27)15-16-7-14-29-25-16;/h3-7,14H,2,8-13,15H2,1H3,(H,22,24)(H,23,28);1H. The van der Waals surface area contributed by atoms with Crippen molar-refractivity contribution in [2.24, 2.45) is 4.99 Å². The Bertz CT molecular complexity index is 809. The van der Waals surface area contributed by atoms with E-state index in [-0.39, 0.29) is 29.9 Å². The molecule has 1 aliphatic rings. The van der Waals surface area contributed by atoms with Crippen LogP contribution in [0.4, 0.5) is 0 Å². The third-order valence-corrected chi connectivity index (χ3v) is 4.99. The molecule has 0 aliphatic carbocycles. The third-order valence-electron chi connectivity index (χ3n) is 4.66. The molecule has 2 aromatic rings. The van der Waals surface area contributed by atoms with Crippen LogP contribution in [0.2, 0.25) is 5.02 Å². The molecular weight excluding hydrogens is 519 g/mol. The molecular formula is C20H28ClIN6O2. The Morgan fingerprint density at radius 2 is 1.97 bits per heavy atom. The number of carbonyl (C=O) groups excluding carboxylic acids is 1. The fraction of sp³-hybridized carbons (Fsp3) is 0.450. The van der Waals surface area contributed by atoms with Gasteiger partial charge < -0.3 is 20.1 Å². The van der Waals surface area contributed by atoms with Crippen LogP contribution in [0.3, 0.4) is 0 Å². The van der Waals surface area contributed by atoms with Crippen molar-refractivity contribution in [2.75, 3.05) is 45.8 Å². The van der Waals surface area contributed by atoms with Crippen LogP contribution in [-0.2, 0) is 6.54 Å². The highest BCUT2D eigenvalue weighted by molar-refractivity contribution is 14.0. The largest absolute Gasteiger partial charge is 0.364 e. The maximum Gasteiger partial charge on any atom is 0.252 e. The summed E-state index contributed by atoms with van der Waals surface area (Å²) in [7, 11) is 0. The number of aliphatic imine (C=N–C) groups is 1. The SMILES string of the molecule is CCNC(=NCCNC(=O)c1ccccc1Cl)N1CCN(Cc2ccon2)CC1.I. The molecule has 0 spiro atoms. The summed E-state index contributed by atoms with van der Waals surface area (Å²) in [6, 6.07) is 8.92. The fourth-order valence-corrected chi connectivity index (χ4v) is 3.39. The molecule has 30 heavy (non-hydrogen) atoms. The lowest BCUT2D eigenvalue weighted by molar-refractivity contribution is 0.0955. The molecule has 10 heteroatoms. The normalized spacial score (nSPS) is 14.9. The van der Waals surface area contributed by atoms with Gasteiger partial charge in [-0.3, -0.25) is 14.7 Å². The van der Waals surface area contributed by atoms with Crippen LogP contribution in [-0.4, -0.2) is 72.6 Å². The Morgan fingerprint density at radius 3 is 2.63 bits per heavy atom. The minimum absolute atomic E-state index is 0. The van der Waals surface area contributed by atoms with Crippen LogP contribution in [0.15, 0.2) is 46.1 Å². The number of halogens is 2. The summed E-state index contributed by atoms with van der Waals surface area (Å²) in [4.78, 5) is 21.5. The average Bonchev–Trinajstić information content (AvgIpc) is 3.24. The number of amides is 1. The van der Waals surface area contributed by atoms with Gasteiger partial charge in [0.15, 0.2) is 5.96 Å². The molecule has 1 saturated heterocycles. The van der Waals surface area contributed by atoms with Crippen LogP contribution in [0, 0.1) is 0 Å². The van der Waals surface area contributed by atoms with Crippen molar-refractivity contribution >= 4 is 47.4 Å². The molecule has 0 unspecified atom stereocenters. The van der Waals surface area contributed by atoms with E-state index in [1.807, 2.05) is 6.07 Å². The predicted octanol–water partition coefficient (Wildman–Crippen LogP) is 2.46. The predicted molar refractivity (Wildman–Crippen MR) is 129 cm³/mol. The zero-order valence-electron chi connectivity index (χ0n) is 17.0. The lowest BCUT2D eigenvalue weighted by Crippen LogP contribution is -2.52. The Kier molecular flexibility index (Phi) is 10.4. The Balaban J connectivity index is 0.00000320. The summed E-state index contributed by atoms with van der Waals surface area (Å²) in [6.45, 7) is 8.22. The van der Waals surface area contributed by atoms with E-state index < -0.39 is 0 Å². The molecule has 0 saturated carbocycles. The van der Waals surface area contributed by atoms with Crippen molar-refractivity contribution in [3.8, 4) is 0 Å². The lowest BCUT2D eigenvalue weighted by atomic mass is 10.2. The van der Waals surface area contributed by atoms with Crippen molar-refractivity contribution in [3.63, 3.8) is 0 Å². The Hall–Kier alpha value is -1.85. The van der Waals surface area contributed by atoms with Gasteiger partial charge in [0.1, 0.15) is 6.26 Å². The Morgan fingerprint density at radius 1 is 1.20 bits per heavy atom. The summed E-state index contributed by atoms with van der Waals surface area (Å²) in [6.07, 6.45) is 1.60. The molecule has 1 aromatic heterocycles. The van der Waals surface area contributed by atoms with Crippen molar-refractivity contribution in [2.45, 2.75) is 13.5 Å². The van der Waals surface area contributed by atoms with Crippen molar-refractivity contribution in [1.29, 1.82) is 0 Å². The molecule has 3 rings (SSSR count). The number of benzene rings is 1. The highest BCUT2D eigenvalue weighted by Gasteiger charge is 2.20. The van der Waals surface area contributed by atoms with Crippen molar-refractivity contribution in [3.05, 3.63) is 52.9 Å². The van der Waals surface area contributed by atoms with Crippen molar-refractivity contribution in [1.82, 2.24) is 25.6 Å². The third kappa shape index (κ3) is 7.13. The number of nitrogens with one attached hydrogen (secondary N) is 2. The first kappa shape index (κ1) is 24.4. The van der Waals surface area contributed by atoms with Crippen LogP contribution >= 0.6 is 35.6 Å². The van der Waals surface area contributed by atoms with Crippen LogP contribution in [0.25, 0.3) is 0 Å². The van der Waals surface area contributed by atoms with Gasteiger partial charge in [-0.1, -0.05) is 28.9 Å². The van der Waals surface area contributed by atoms with Crippen molar-refractivity contribution < 1.29 is 9.32 Å². The van der Waals surface area contributed by atoms with Gasteiger partial charge in [0.2, 0.25) is 0 Å². The second-order valence-electron chi connectivity index (χ2n) is 6.73. The maximum absolute atomic E-state index is 12.2. The molecule has 2 heterocycles. The number of hydrogen-bond donors (Lipinski definition) is 2. The molecule has 1 fully saturated rings. The minimum Gasteiger partial charge on any atom is -0.364 e. The van der Waals surface area contributed by atoms with E-state index in [1.165, 1.54) is 0 Å². The average molecular weight is 547 g/mol. The van der Waals surface area contributed by atoms with E-state index in [2.05, 4.69) is 37.5 Å². The molecule has 0 atom stereocenters. The summed E-state index contributed by atoms with van der Waals surface area (Å²) in [5.74, 6) is 0.692. The van der Waals surface area contributed by atoms with Crippen LogP contribution in [0.5, 0.6) is 0 Å². The zero-order chi connectivity index (χ0) is 20.5. The Labute approximate surface area is 199 Å². The number of guanidine groups is 1. The van der Waals surface area contributed by atoms with Gasteiger partial charge in [-0.05, 0) is 19.1 Å². The summed E-state index contributed by atoms with van der Waals surface area (Å²) < 4.78 is 4.90. The second-order valence-corrected chi connectivity index (χ2v) is 7.13. The van der Waals surface area contributed by atoms with Crippen LogP contribution in [0.1, 0.15) is 23.0 Å². The van der Waals surface area contributed by atoms with Gasteiger partial charge in [-0.25, -0.2) is 0 Å². The van der Waals surface area contributed by atoms with Gasteiger partial charge in [-0.2, -0.15) is 0 Å². The van der Waals surface area contributed by atoms with Gasteiger partial charge >= 0.3 is 0 Å². The lowest BCUT2D eigenvalue weighted by Gasteiger charge is -2.36. The van der Waals surface area contributed by atoms with Gasteiger partial charge in [0.25, 0.3) is 5.91 Å². The van der Waals surface area contributed by atoms with Gasteiger partial charge in [0, 0.05) is 51.9 Å². The molecule has 0 radical (unpaired) electrons. The first-order valence-corrected chi connectivity index (χ1v) is 10.2. The summed E-state index contributed by atoms with van der Waals surface area (Å²) in [5.41, 5.74) is 1.43. The first-order valence-electron chi connectivity index (χ1n) is 9.85. The molecule has 0 bridgehead atoms. The molecule has 8 nitrogen and oxygen atoms in total. The van der Waals surface area contributed by atoms with E-state index in [9.17, 15) is 4.79 Å². The fourth-order valence-electron chi connectivity index (χ4n) is 3.16. The zero-order valence-corrected chi connectivity index (χ0v) is 20.1. The number of piperazine rings is 1. The van der Waals surface area contributed by atoms with Gasteiger partial charge in [0.05, 0.1) is 22.8 Å². The van der Waals surface area contributed by atoms with Crippen LogP contribution < -0.4 is 10.6 Å². The van der Waals surface area contributed by atoms with E-state index >= 15 is 0 Å². The van der Waals surface area contributed by atoms with E-state index in [4.69, 9.17) is 16.1 Å². The number of aromatic nitrogens is 1. The molecule has 1 aromatic carbocycles. The molecule has 1 aliphatic heterocycles. The number of nitrogens with zero attached hydrogens (tertiary/aromatic N) is 4. The number of rotatable bonds is 7. The highest BCUT2D eigenvalue weighted by atomic mass is 127. The smallest absolute Gasteiger partial charge is 0.252 e. The van der Waals surface area contributed by atoms with E-state index in [0.29, 0.717) is 23.7 Å². The summed E-state index contributed by atoms with van der Waals surface area (Å²) >= 11 is 6.06. The topological polar surface area (TPSA) is 86.0 Å². The van der Waals surface area contributed by atoms with E-state index in [0.717, 1.165) is 50.9 Å². The summed E-state index contributed by atoms with van der Waals surface area (Å²) in [5, 5.41) is 10.6. The van der Waals surface area contributed by atoms with Gasteiger partial charge in [-0.15, -0.1) is 24.0 Å². The molecule has 1 amide bonds. The maximum atomic E-state index is 12.2. The quantitative estimate of drug-likeness (QED) is 0.240. The monoisotopic (exact) mass is 546 g/mol. The van der Waals surface area contributed by atoms with E-state index in [1.54, 1.807) is 30.5 Å². The second kappa shape index (κ2) is 12.8. The number of carbonyl (C=O) groups is 1. The minimum atomic E-state index is -0.183.